The van der Waals surface area contributed by atoms with Crippen LogP contribution < -0.4 is 10.6 Å². The molecule has 11 heteroatoms. The van der Waals surface area contributed by atoms with Crippen LogP contribution in [0.1, 0.15) is 27.4 Å². The third kappa shape index (κ3) is 3.80. The highest BCUT2D eigenvalue weighted by molar-refractivity contribution is 9.10. The Labute approximate surface area is 247 Å². The molecule has 10 nitrogen and oxygen atoms in total. The van der Waals surface area contributed by atoms with Gasteiger partial charge in [-0.2, -0.15) is 5.26 Å². The van der Waals surface area contributed by atoms with E-state index < -0.39 is 17.9 Å². The summed E-state index contributed by atoms with van der Waals surface area (Å²) in [5, 5.41) is 10.8. The van der Waals surface area contributed by atoms with E-state index in [1.54, 1.807) is 60.7 Å². The van der Waals surface area contributed by atoms with Gasteiger partial charge >= 0.3 is 11.9 Å². The van der Waals surface area contributed by atoms with Crippen molar-refractivity contribution in [2.45, 2.75) is 5.92 Å². The molecular weight excluding hydrogens is 602 g/mol. The number of methoxy groups -OCH3 is 2. The number of ether oxygens (including phenoxy) is 2. The van der Waals surface area contributed by atoms with Crippen molar-refractivity contribution in [2.24, 2.45) is 5.73 Å². The first-order chi connectivity index (χ1) is 20.3. The lowest BCUT2D eigenvalue weighted by atomic mass is 9.80. The Bertz CT molecular complexity index is 1960. The Kier molecular flexibility index (Phi) is 6.55. The van der Waals surface area contributed by atoms with E-state index in [2.05, 4.69) is 32.0 Å². The highest BCUT2D eigenvalue weighted by Crippen LogP contribution is 2.48. The van der Waals surface area contributed by atoms with E-state index in [-0.39, 0.29) is 39.7 Å². The van der Waals surface area contributed by atoms with Crippen LogP contribution in [0.2, 0.25) is 0 Å². The van der Waals surface area contributed by atoms with Crippen molar-refractivity contribution in [1.82, 2.24) is 9.97 Å². The van der Waals surface area contributed by atoms with E-state index in [0.717, 1.165) is 7.11 Å². The monoisotopic (exact) mass is 621 g/mol. The summed E-state index contributed by atoms with van der Waals surface area (Å²) in [6.07, 6.45) is 1.40. The number of hydrogen-bond donors (Lipinski definition) is 1. The number of nitrogens with zero attached hydrogens (tertiary/aromatic N) is 4. The molecule has 0 spiro atoms. The van der Waals surface area contributed by atoms with Crippen molar-refractivity contribution in [3.63, 3.8) is 0 Å². The molecule has 206 valence electrons. The lowest BCUT2D eigenvalue weighted by molar-refractivity contribution is -0.139. The van der Waals surface area contributed by atoms with Gasteiger partial charge in [0.2, 0.25) is 0 Å². The van der Waals surface area contributed by atoms with Crippen LogP contribution in [0, 0.1) is 11.3 Å². The topological polar surface area (TPSA) is 149 Å². The Morgan fingerprint density at radius 1 is 1.00 bits per heavy atom. The normalized spacial score (nSPS) is 15.8. The van der Waals surface area contributed by atoms with E-state index in [1.807, 2.05) is 0 Å². The maximum atomic E-state index is 14.2. The number of carbonyl (C=O) groups excluding carboxylic acids is 3. The number of allylic oxidation sites excluding steroid dienone is 1. The van der Waals surface area contributed by atoms with Gasteiger partial charge in [0.15, 0.2) is 5.78 Å². The molecule has 1 atom stereocenters. The molecule has 0 saturated heterocycles. The maximum absolute atomic E-state index is 14.2. The van der Waals surface area contributed by atoms with Crippen LogP contribution in [0.5, 0.6) is 0 Å². The largest absolute Gasteiger partial charge is 0.466 e. The van der Waals surface area contributed by atoms with Crippen LogP contribution in [0.4, 0.5) is 5.69 Å². The fourth-order valence-corrected chi connectivity index (χ4v) is 6.11. The van der Waals surface area contributed by atoms with Gasteiger partial charge in [0, 0.05) is 21.0 Å². The molecule has 0 bridgehead atoms. The number of nitrogens with two attached hydrogens (primary N) is 1. The van der Waals surface area contributed by atoms with Crippen molar-refractivity contribution in [3.8, 4) is 17.3 Å². The first-order valence-corrected chi connectivity index (χ1v) is 13.4. The first-order valence-electron chi connectivity index (χ1n) is 12.6. The standard InChI is InChI=1S/C31H20BrN5O5/c1-41-30(39)24-21(15-8-4-3-5-9-15)18(13-33)29(34)37(27(24)31(40)42-2)20-12-19(32)26-23-22(20)28(38)17-11-7-6-10-16(17)25(23)35-14-36-26/h3-12,14,21H,34H2,1-2H3. The number of aromatic nitrogens is 2. The van der Waals surface area contributed by atoms with Crippen molar-refractivity contribution >= 4 is 50.2 Å². The van der Waals surface area contributed by atoms with Crippen molar-refractivity contribution in [2.75, 3.05) is 19.1 Å². The smallest absolute Gasteiger partial charge is 0.355 e. The number of fused-ring (bicyclic) bond motifs is 2. The van der Waals surface area contributed by atoms with Crippen molar-refractivity contribution < 1.29 is 23.9 Å². The molecule has 0 radical (unpaired) electrons. The van der Waals surface area contributed by atoms with Crippen molar-refractivity contribution in [1.29, 1.82) is 5.26 Å². The molecule has 1 aromatic heterocycles. The summed E-state index contributed by atoms with van der Waals surface area (Å²) < 4.78 is 10.7. The molecular formula is C31H20BrN5O5. The molecule has 2 heterocycles. The highest BCUT2D eigenvalue weighted by Gasteiger charge is 2.45. The number of nitriles is 1. The zero-order valence-corrected chi connectivity index (χ0v) is 23.8. The number of rotatable bonds is 4. The maximum Gasteiger partial charge on any atom is 0.355 e. The Balaban J connectivity index is 1.77. The quantitative estimate of drug-likeness (QED) is 0.284. The highest BCUT2D eigenvalue weighted by atomic mass is 79.9. The minimum Gasteiger partial charge on any atom is -0.466 e. The Morgan fingerprint density at radius 2 is 1.67 bits per heavy atom. The van der Waals surface area contributed by atoms with Gasteiger partial charge in [-0.05, 0) is 27.6 Å². The molecule has 6 rings (SSSR count). The molecule has 1 aliphatic heterocycles. The van der Waals surface area contributed by atoms with Crippen LogP contribution in [-0.2, 0) is 19.1 Å². The molecule has 42 heavy (non-hydrogen) atoms. The fourth-order valence-electron chi connectivity index (χ4n) is 5.59. The second kappa shape index (κ2) is 10.2. The SMILES string of the molecule is COC(=O)C1=C(C(=O)OC)N(c2cc(Br)c3ncnc4c3c2C(=O)c2ccccc2-4)C(N)=C(C#N)C1c1ccccc1. The van der Waals surface area contributed by atoms with Gasteiger partial charge in [-0.25, -0.2) is 19.6 Å². The summed E-state index contributed by atoms with van der Waals surface area (Å²) in [4.78, 5) is 51.4. The lowest BCUT2D eigenvalue weighted by Crippen LogP contribution is -2.41. The van der Waals surface area contributed by atoms with E-state index in [4.69, 9.17) is 15.2 Å². The molecule has 2 aliphatic rings. The third-order valence-corrected chi connectivity index (χ3v) is 7.95. The Morgan fingerprint density at radius 3 is 2.33 bits per heavy atom. The predicted octanol–water partition coefficient (Wildman–Crippen LogP) is 4.50. The number of hydrogen-bond acceptors (Lipinski definition) is 10. The second-order valence-electron chi connectivity index (χ2n) is 9.41. The van der Waals surface area contributed by atoms with Gasteiger partial charge in [-0.15, -0.1) is 0 Å². The van der Waals surface area contributed by atoms with Gasteiger partial charge in [0.1, 0.15) is 17.8 Å². The van der Waals surface area contributed by atoms with Crippen LogP contribution in [0.15, 0.2) is 94.1 Å². The summed E-state index contributed by atoms with van der Waals surface area (Å²) >= 11 is 3.55. The molecule has 4 aromatic rings. The average Bonchev–Trinajstić information content (AvgIpc) is 3.03. The minimum atomic E-state index is -1.05. The van der Waals surface area contributed by atoms with E-state index in [9.17, 15) is 19.6 Å². The molecule has 1 unspecified atom stereocenters. The summed E-state index contributed by atoms with van der Waals surface area (Å²) in [7, 11) is 2.33. The van der Waals surface area contributed by atoms with E-state index in [0.29, 0.717) is 37.8 Å². The molecule has 0 saturated carbocycles. The van der Waals surface area contributed by atoms with Crippen molar-refractivity contribution in [3.05, 3.63) is 111 Å². The van der Waals surface area contributed by atoms with Gasteiger partial charge in [0.25, 0.3) is 0 Å². The zero-order valence-electron chi connectivity index (χ0n) is 22.2. The van der Waals surface area contributed by atoms with Gasteiger partial charge < -0.3 is 15.2 Å². The summed E-state index contributed by atoms with van der Waals surface area (Å²) in [5.41, 5.74) is 9.01. The van der Waals surface area contributed by atoms with Crippen LogP contribution >= 0.6 is 15.9 Å². The van der Waals surface area contributed by atoms with Crippen LogP contribution in [-0.4, -0.2) is 41.9 Å². The number of carbonyl (C=O) groups is 3. The summed E-state index contributed by atoms with van der Waals surface area (Å²) in [6, 6.07) is 19.4. The average molecular weight is 622 g/mol. The lowest BCUT2D eigenvalue weighted by Gasteiger charge is -2.37. The number of esters is 2. The third-order valence-electron chi connectivity index (χ3n) is 7.35. The first kappa shape index (κ1) is 26.9. The van der Waals surface area contributed by atoms with Gasteiger partial charge in [-0.1, -0.05) is 54.6 Å². The minimum absolute atomic E-state index is 0.0223. The number of ketones is 1. The number of benzene rings is 3. The molecule has 3 aromatic carbocycles. The molecule has 0 fully saturated rings. The number of halogens is 1. The second-order valence-corrected chi connectivity index (χ2v) is 10.3. The number of anilines is 1. The van der Waals surface area contributed by atoms with E-state index in [1.165, 1.54) is 18.3 Å². The summed E-state index contributed by atoms with van der Waals surface area (Å²) in [6.45, 7) is 0. The van der Waals surface area contributed by atoms with Gasteiger partial charge in [-0.3, -0.25) is 9.69 Å². The zero-order chi connectivity index (χ0) is 29.7. The van der Waals surface area contributed by atoms with E-state index >= 15 is 0 Å². The molecule has 1 aliphatic carbocycles. The van der Waals surface area contributed by atoms with Crippen LogP contribution in [0.3, 0.4) is 0 Å². The van der Waals surface area contributed by atoms with Crippen LogP contribution in [0.25, 0.3) is 22.2 Å². The summed E-state index contributed by atoms with van der Waals surface area (Å²) in [5.74, 6) is -3.38. The predicted molar refractivity (Wildman–Crippen MR) is 156 cm³/mol. The Hall–Kier alpha value is -5.34. The van der Waals surface area contributed by atoms with Gasteiger partial charge in [0.05, 0.1) is 59.8 Å². The molecule has 2 N–H and O–H groups in total. The fraction of sp³-hybridized carbons (Fsp3) is 0.0968. The molecule has 0 amide bonds.